The maximum absolute atomic E-state index is 10.9. The van der Waals surface area contributed by atoms with Gasteiger partial charge in [0.15, 0.2) is 0 Å². The highest BCUT2D eigenvalue weighted by Crippen LogP contribution is 2.15. The second-order valence-corrected chi connectivity index (χ2v) is 4.00. The predicted octanol–water partition coefficient (Wildman–Crippen LogP) is 0.887. The molecule has 0 N–H and O–H groups in total. The molecule has 104 valence electrons. The first-order valence-electron chi connectivity index (χ1n) is 5.59. The Morgan fingerprint density at radius 1 is 1.63 bits per heavy atom. The molecule has 8 nitrogen and oxygen atoms in total. The molecule has 0 amide bonds. The van der Waals surface area contributed by atoms with E-state index in [9.17, 15) is 14.9 Å². The standard InChI is InChI=1S/C11H16N4O4/c1-9(16)19-7-6-14-10(4-5-13(2)3)12-8-11(14)15(17)18/h4-5,8H,6-7H2,1-3H3. The summed E-state index contributed by atoms with van der Waals surface area (Å²) in [7, 11) is 3.66. The molecule has 19 heavy (non-hydrogen) atoms. The van der Waals surface area contributed by atoms with Crippen molar-refractivity contribution in [3.63, 3.8) is 0 Å². The molecule has 8 heteroatoms. The van der Waals surface area contributed by atoms with E-state index in [-0.39, 0.29) is 19.0 Å². The zero-order valence-electron chi connectivity index (χ0n) is 11.1. The summed E-state index contributed by atoms with van der Waals surface area (Å²) in [6, 6.07) is 0. The Labute approximate surface area is 110 Å². The first-order chi connectivity index (χ1) is 8.91. The van der Waals surface area contributed by atoms with Gasteiger partial charge in [-0.2, -0.15) is 0 Å². The van der Waals surface area contributed by atoms with Crippen LogP contribution in [-0.2, 0) is 16.1 Å². The van der Waals surface area contributed by atoms with Gasteiger partial charge in [-0.1, -0.05) is 0 Å². The smallest absolute Gasteiger partial charge is 0.343 e. The van der Waals surface area contributed by atoms with E-state index in [0.29, 0.717) is 5.82 Å². The molecule has 1 heterocycles. The van der Waals surface area contributed by atoms with Gasteiger partial charge in [-0.3, -0.25) is 4.79 Å². The first kappa shape index (κ1) is 14.7. The summed E-state index contributed by atoms with van der Waals surface area (Å²) in [4.78, 5) is 26.8. The number of imidazole rings is 1. The molecule has 0 radical (unpaired) electrons. The van der Waals surface area contributed by atoms with Gasteiger partial charge in [0, 0.05) is 33.3 Å². The van der Waals surface area contributed by atoms with Crippen molar-refractivity contribution in [2.45, 2.75) is 13.5 Å². The van der Waals surface area contributed by atoms with Gasteiger partial charge < -0.3 is 19.8 Å². The van der Waals surface area contributed by atoms with Gasteiger partial charge in [0.2, 0.25) is 5.82 Å². The van der Waals surface area contributed by atoms with Crippen molar-refractivity contribution in [3.8, 4) is 0 Å². The number of carbonyl (C=O) groups excluding carboxylic acids is 1. The number of hydrogen-bond acceptors (Lipinski definition) is 6. The number of ether oxygens (including phenoxy) is 1. The third kappa shape index (κ3) is 4.41. The third-order valence-electron chi connectivity index (χ3n) is 2.19. The van der Waals surface area contributed by atoms with E-state index in [4.69, 9.17) is 4.74 Å². The van der Waals surface area contributed by atoms with Crippen LogP contribution in [0.1, 0.15) is 12.7 Å². The summed E-state index contributed by atoms with van der Waals surface area (Å²) in [5, 5.41) is 10.9. The van der Waals surface area contributed by atoms with Crippen LogP contribution in [-0.4, -0.2) is 46.0 Å². The van der Waals surface area contributed by atoms with E-state index in [1.807, 2.05) is 14.1 Å². The van der Waals surface area contributed by atoms with Crippen LogP contribution in [0.2, 0.25) is 0 Å². The zero-order chi connectivity index (χ0) is 14.4. The topological polar surface area (TPSA) is 90.5 Å². The molecule has 0 aliphatic rings. The Hall–Kier alpha value is -2.38. The molecule has 0 atom stereocenters. The van der Waals surface area contributed by atoms with Gasteiger partial charge >= 0.3 is 11.8 Å². The number of hydrogen-bond donors (Lipinski definition) is 0. The van der Waals surface area contributed by atoms with Crippen LogP contribution in [0.3, 0.4) is 0 Å². The minimum atomic E-state index is -0.520. The van der Waals surface area contributed by atoms with Gasteiger partial charge in [0.25, 0.3) is 0 Å². The molecule has 0 bridgehead atoms. The van der Waals surface area contributed by atoms with E-state index >= 15 is 0 Å². The Morgan fingerprint density at radius 2 is 2.32 bits per heavy atom. The monoisotopic (exact) mass is 268 g/mol. The highest BCUT2D eigenvalue weighted by molar-refractivity contribution is 5.65. The summed E-state index contributed by atoms with van der Waals surface area (Å²) in [6.45, 7) is 1.54. The molecular weight excluding hydrogens is 252 g/mol. The molecule has 0 aliphatic heterocycles. The second kappa shape index (κ2) is 6.53. The molecule has 0 saturated carbocycles. The highest BCUT2D eigenvalue weighted by Gasteiger charge is 2.18. The number of esters is 1. The Bertz CT molecular complexity index is 493. The molecule has 1 aromatic rings. The molecule has 0 saturated heterocycles. The molecule has 0 unspecified atom stereocenters. The zero-order valence-corrected chi connectivity index (χ0v) is 11.1. The normalized spacial score (nSPS) is 10.7. The van der Waals surface area contributed by atoms with Crippen LogP contribution >= 0.6 is 0 Å². The van der Waals surface area contributed by atoms with Crippen LogP contribution < -0.4 is 0 Å². The van der Waals surface area contributed by atoms with Crippen LogP contribution in [0.25, 0.3) is 6.08 Å². The average molecular weight is 268 g/mol. The van der Waals surface area contributed by atoms with Gasteiger partial charge in [-0.15, -0.1) is 0 Å². The van der Waals surface area contributed by atoms with Crippen LogP contribution in [0, 0.1) is 10.1 Å². The largest absolute Gasteiger partial charge is 0.462 e. The lowest BCUT2D eigenvalue weighted by molar-refractivity contribution is -0.392. The second-order valence-electron chi connectivity index (χ2n) is 4.00. The first-order valence-corrected chi connectivity index (χ1v) is 5.59. The lowest BCUT2D eigenvalue weighted by Gasteiger charge is -2.05. The Balaban J connectivity index is 2.91. The van der Waals surface area contributed by atoms with Crippen molar-refractivity contribution in [3.05, 3.63) is 28.3 Å². The molecule has 1 aromatic heterocycles. The lowest BCUT2D eigenvalue weighted by Crippen LogP contribution is -2.12. The Morgan fingerprint density at radius 3 is 2.84 bits per heavy atom. The number of aromatic nitrogens is 2. The van der Waals surface area contributed by atoms with Crippen LogP contribution in [0.5, 0.6) is 0 Å². The van der Waals surface area contributed by atoms with Gasteiger partial charge in [-0.25, -0.2) is 9.55 Å². The van der Waals surface area contributed by atoms with Crippen molar-refractivity contribution in [1.82, 2.24) is 14.5 Å². The van der Waals surface area contributed by atoms with E-state index in [2.05, 4.69) is 4.98 Å². The van der Waals surface area contributed by atoms with E-state index in [1.54, 1.807) is 17.2 Å². The number of nitro groups is 1. The third-order valence-corrected chi connectivity index (χ3v) is 2.19. The van der Waals surface area contributed by atoms with E-state index in [0.717, 1.165) is 0 Å². The fraction of sp³-hybridized carbons (Fsp3) is 0.455. The van der Waals surface area contributed by atoms with Crippen molar-refractivity contribution < 1.29 is 14.5 Å². The Kier molecular flexibility index (Phi) is 5.04. The van der Waals surface area contributed by atoms with E-state index in [1.165, 1.54) is 17.7 Å². The number of nitrogens with zero attached hydrogens (tertiary/aromatic N) is 4. The molecule has 0 aliphatic carbocycles. The van der Waals surface area contributed by atoms with Crippen molar-refractivity contribution in [2.24, 2.45) is 0 Å². The lowest BCUT2D eigenvalue weighted by atomic mass is 10.5. The van der Waals surface area contributed by atoms with Crippen LogP contribution in [0.4, 0.5) is 5.82 Å². The molecule has 0 spiro atoms. The summed E-state index contributed by atoms with van der Waals surface area (Å²) in [5.74, 6) is -0.119. The molecule has 1 rings (SSSR count). The molecule has 0 fully saturated rings. The summed E-state index contributed by atoms with van der Waals surface area (Å²) < 4.78 is 6.18. The fourth-order valence-corrected chi connectivity index (χ4v) is 1.38. The minimum absolute atomic E-state index is 0.0648. The van der Waals surface area contributed by atoms with E-state index < -0.39 is 10.9 Å². The van der Waals surface area contributed by atoms with Gasteiger partial charge in [-0.05, 0) is 4.92 Å². The van der Waals surface area contributed by atoms with Crippen LogP contribution in [0.15, 0.2) is 12.4 Å². The number of rotatable bonds is 6. The fourth-order valence-electron chi connectivity index (χ4n) is 1.38. The SMILES string of the molecule is CC(=O)OCCn1c([N+](=O)[O-])cnc1C=CN(C)C. The van der Waals surface area contributed by atoms with Crippen molar-refractivity contribution in [1.29, 1.82) is 0 Å². The highest BCUT2D eigenvalue weighted by atomic mass is 16.6. The van der Waals surface area contributed by atoms with Crippen molar-refractivity contribution in [2.75, 3.05) is 20.7 Å². The van der Waals surface area contributed by atoms with Crippen molar-refractivity contribution >= 4 is 17.9 Å². The molecular formula is C11H16N4O4. The summed E-state index contributed by atoms with van der Waals surface area (Å²) >= 11 is 0. The maximum atomic E-state index is 10.9. The predicted molar refractivity (Wildman–Crippen MR) is 68.2 cm³/mol. The van der Waals surface area contributed by atoms with Gasteiger partial charge in [0.05, 0.1) is 0 Å². The average Bonchev–Trinajstić information content (AvgIpc) is 2.69. The summed E-state index contributed by atoms with van der Waals surface area (Å²) in [6.07, 6.45) is 4.57. The minimum Gasteiger partial charge on any atom is -0.462 e. The number of carbonyl (C=O) groups is 1. The molecule has 0 aromatic carbocycles. The van der Waals surface area contributed by atoms with Gasteiger partial charge in [0.1, 0.15) is 19.3 Å². The summed E-state index contributed by atoms with van der Waals surface area (Å²) in [5.41, 5.74) is 0. The maximum Gasteiger partial charge on any atom is 0.343 e. The quantitative estimate of drug-likeness (QED) is 0.432.